The monoisotopic (exact) mass is 360 g/mol. The van der Waals surface area contributed by atoms with Crippen LogP contribution in [0.3, 0.4) is 0 Å². The van der Waals surface area contributed by atoms with E-state index in [2.05, 4.69) is 6.92 Å². The van der Waals surface area contributed by atoms with Crippen molar-refractivity contribution in [3.63, 3.8) is 0 Å². The van der Waals surface area contributed by atoms with Crippen LogP contribution in [0.4, 0.5) is 0 Å². The predicted molar refractivity (Wildman–Crippen MR) is 106 cm³/mol. The summed E-state index contributed by atoms with van der Waals surface area (Å²) in [7, 11) is -2.40. The van der Waals surface area contributed by atoms with Gasteiger partial charge in [0, 0.05) is 0 Å². The second kappa shape index (κ2) is 15.0. The van der Waals surface area contributed by atoms with Gasteiger partial charge in [0.25, 0.3) is 0 Å². The third-order valence-electron chi connectivity index (χ3n) is 5.04. The van der Waals surface area contributed by atoms with Gasteiger partial charge in [0.15, 0.2) is 0 Å². The molecule has 0 aliphatic rings. The third kappa shape index (κ3) is 9.87. The number of carbonyl (C=O) groups is 1. The van der Waals surface area contributed by atoms with Gasteiger partial charge in [0.2, 0.25) is 0 Å². The van der Waals surface area contributed by atoms with E-state index >= 15 is 0 Å². The summed E-state index contributed by atoms with van der Waals surface area (Å²) in [6, 6.07) is 0. The van der Waals surface area contributed by atoms with Crippen molar-refractivity contribution in [2.45, 2.75) is 104 Å². The summed E-state index contributed by atoms with van der Waals surface area (Å²) in [5, 5.41) is 0. The largest absolute Gasteiger partial charge is 0.465 e. The number of carbonyl (C=O) groups excluding carboxylic acids is 1. The quantitative estimate of drug-likeness (QED) is 0.176. The predicted octanol–water partition coefficient (Wildman–Crippen LogP) is 6.63. The van der Waals surface area contributed by atoms with E-state index in [-0.39, 0.29) is 5.97 Å². The molecule has 0 fully saturated rings. The number of esters is 1. The lowest BCUT2D eigenvalue weighted by atomic mass is 10.1. The fraction of sp³-hybridized carbons (Fsp3) is 0.950. The van der Waals surface area contributed by atoms with Crippen molar-refractivity contribution in [2.24, 2.45) is 0 Å². The molecule has 0 amide bonds. The maximum absolute atomic E-state index is 12.7. The van der Waals surface area contributed by atoms with Gasteiger partial charge in [-0.3, -0.25) is 4.79 Å². The van der Waals surface area contributed by atoms with Crippen LogP contribution in [-0.4, -0.2) is 30.6 Å². The van der Waals surface area contributed by atoms with Gasteiger partial charge in [-0.15, -0.1) is 0 Å². The molecule has 0 saturated carbocycles. The molecule has 0 N–H and O–H groups in total. The van der Waals surface area contributed by atoms with E-state index in [1.54, 1.807) is 0 Å². The van der Waals surface area contributed by atoms with Crippen molar-refractivity contribution in [3.05, 3.63) is 0 Å². The minimum Gasteiger partial charge on any atom is -0.465 e. The normalized spacial score (nSPS) is 13.0. The molecule has 4 heteroatoms. The molecule has 0 heterocycles. The molecular formula is C20H41O3P. The minimum atomic E-state index is -2.40. The molecule has 0 aromatic carbocycles. The maximum atomic E-state index is 12.7. The van der Waals surface area contributed by atoms with Gasteiger partial charge in [-0.2, -0.15) is 0 Å². The molecule has 1 unspecified atom stereocenters. The van der Waals surface area contributed by atoms with E-state index in [1.807, 2.05) is 20.8 Å². The van der Waals surface area contributed by atoms with Gasteiger partial charge in [0.1, 0.15) is 12.8 Å². The summed E-state index contributed by atoms with van der Waals surface area (Å²) in [6.45, 7) is 8.51. The van der Waals surface area contributed by atoms with Crippen molar-refractivity contribution in [1.82, 2.24) is 0 Å². The lowest BCUT2D eigenvalue weighted by Crippen LogP contribution is -2.25. The highest BCUT2D eigenvalue weighted by Gasteiger charge is 2.35. The Balaban J connectivity index is 3.73. The first-order valence-electron chi connectivity index (χ1n) is 10.3. The third-order valence-corrected chi connectivity index (χ3v) is 8.89. The molecule has 0 rings (SSSR count). The van der Waals surface area contributed by atoms with Crippen LogP contribution in [0.25, 0.3) is 0 Å². The summed E-state index contributed by atoms with van der Waals surface area (Å²) in [6.07, 6.45) is 14.5. The summed E-state index contributed by atoms with van der Waals surface area (Å²) in [4.78, 5) is 12.2. The van der Waals surface area contributed by atoms with Crippen molar-refractivity contribution < 1.29 is 14.1 Å². The van der Waals surface area contributed by atoms with E-state index in [1.165, 1.54) is 51.4 Å². The molecule has 0 aliphatic carbocycles. The summed E-state index contributed by atoms with van der Waals surface area (Å²) < 4.78 is 18.1. The van der Waals surface area contributed by atoms with E-state index < -0.39 is 12.8 Å². The minimum absolute atomic E-state index is 0.236. The highest BCUT2D eigenvalue weighted by Crippen LogP contribution is 2.51. The molecule has 1 atom stereocenters. The van der Waals surface area contributed by atoms with Crippen molar-refractivity contribution >= 4 is 13.1 Å². The molecular weight excluding hydrogens is 319 g/mol. The number of rotatable bonds is 16. The fourth-order valence-corrected chi connectivity index (χ4v) is 5.67. The van der Waals surface area contributed by atoms with Gasteiger partial charge >= 0.3 is 5.97 Å². The molecule has 0 radical (unpaired) electrons. The Labute approximate surface area is 150 Å². The number of hydrogen-bond acceptors (Lipinski definition) is 3. The van der Waals surface area contributed by atoms with Crippen LogP contribution in [0.5, 0.6) is 0 Å². The van der Waals surface area contributed by atoms with Gasteiger partial charge in [-0.05, 0) is 25.2 Å². The van der Waals surface area contributed by atoms with Crippen LogP contribution in [0.15, 0.2) is 0 Å². The Morgan fingerprint density at radius 1 is 0.792 bits per heavy atom. The summed E-state index contributed by atoms with van der Waals surface area (Å²) >= 11 is 0. The second-order valence-corrected chi connectivity index (χ2v) is 10.7. The van der Waals surface area contributed by atoms with Crippen LogP contribution in [0.1, 0.15) is 98.3 Å². The molecule has 0 bridgehead atoms. The Hall–Kier alpha value is -0.300. The van der Waals surface area contributed by atoms with Crippen LogP contribution in [0.2, 0.25) is 0 Å². The Morgan fingerprint density at radius 3 is 1.67 bits per heavy atom. The van der Waals surface area contributed by atoms with E-state index in [0.717, 1.165) is 12.8 Å². The van der Waals surface area contributed by atoms with Gasteiger partial charge in [0.05, 0.1) is 6.61 Å². The smallest absolute Gasteiger partial charge is 0.316 e. The SMILES string of the molecule is CCCCCCCCCCCCOC(=O)C(CC)P(=O)(CC)CC. The molecule has 0 aromatic rings. The topological polar surface area (TPSA) is 43.4 Å². The molecule has 0 aromatic heterocycles. The Morgan fingerprint density at radius 2 is 1.25 bits per heavy atom. The van der Waals surface area contributed by atoms with Crippen LogP contribution >= 0.6 is 7.14 Å². The van der Waals surface area contributed by atoms with Gasteiger partial charge in [-0.1, -0.05) is 85.5 Å². The molecule has 3 nitrogen and oxygen atoms in total. The molecule has 144 valence electrons. The maximum Gasteiger partial charge on any atom is 0.316 e. The van der Waals surface area contributed by atoms with Crippen LogP contribution in [0, 0.1) is 0 Å². The first kappa shape index (κ1) is 23.7. The average Bonchev–Trinajstić information content (AvgIpc) is 2.60. The molecule has 0 spiro atoms. The Kier molecular flexibility index (Phi) is 14.8. The Bertz CT molecular complexity index is 347. The average molecular weight is 361 g/mol. The zero-order chi connectivity index (χ0) is 18.3. The molecule has 0 aliphatic heterocycles. The van der Waals surface area contributed by atoms with Gasteiger partial charge < -0.3 is 9.30 Å². The lowest BCUT2D eigenvalue weighted by molar-refractivity contribution is -0.143. The zero-order valence-electron chi connectivity index (χ0n) is 16.6. The summed E-state index contributed by atoms with van der Waals surface area (Å²) in [5.41, 5.74) is -0.393. The summed E-state index contributed by atoms with van der Waals surface area (Å²) in [5.74, 6) is -0.236. The van der Waals surface area contributed by atoms with Crippen LogP contribution in [-0.2, 0) is 14.1 Å². The van der Waals surface area contributed by atoms with Crippen molar-refractivity contribution in [1.29, 1.82) is 0 Å². The lowest BCUT2D eigenvalue weighted by Gasteiger charge is -2.23. The van der Waals surface area contributed by atoms with Gasteiger partial charge in [-0.25, -0.2) is 0 Å². The van der Waals surface area contributed by atoms with Crippen molar-refractivity contribution in [2.75, 3.05) is 18.9 Å². The highest BCUT2D eigenvalue weighted by molar-refractivity contribution is 7.65. The van der Waals surface area contributed by atoms with E-state index in [4.69, 9.17) is 4.74 Å². The second-order valence-electron chi connectivity index (χ2n) is 6.86. The van der Waals surface area contributed by atoms with E-state index in [0.29, 0.717) is 25.4 Å². The highest BCUT2D eigenvalue weighted by atomic mass is 31.2. The van der Waals surface area contributed by atoms with Crippen molar-refractivity contribution in [3.8, 4) is 0 Å². The first-order chi connectivity index (χ1) is 11.6. The zero-order valence-corrected chi connectivity index (χ0v) is 17.5. The number of hydrogen-bond donors (Lipinski definition) is 0. The van der Waals surface area contributed by atoms with E-state index in [9.17, 15) is 9.36 Å². The first-order valence-corrected chi connectivity index (χ1v) is 12.4. The number of ether oxygens (including phenoxy) is 1. The fourth-order valence-electron chi connectivity index (χ4n) is 3.21. The molecule has 0 saturated heterocycles. The molecule has 24 heavy (non-hydrogen) atoms. The standard InChI is InChI=1S/C20H41O3P/c1-5-9-10-11-12-13-14-15-16-17-18-23-20(21)19(6-2)24(22,7-3)8-4/h19H,5-18H2,1-4H3. The number of unbranched alkanes of at least 4 members (excludes halogenated alkanes) is 9. The van der Waals surface area contributed by atoms with Crippen LogP contribution < -0.4 is 0 Å².